The SMILES string of the molecule is COc1ccc(C)cc1NC(=S)Nc1ccccc1Oc1ccccc1. The average molecular weight is 364 g/mol. The van der Waals surface area contributed by atoms with Gasteiger partial charge in [-0.2, -0.15) is 0 Å². The van der Waals surface area contributed by atoms with Gasteiger partial charge < -0.3 is 20.1 Å². The van der Waals surface area contributed by atoms with Crippen molar-refractivity contribution in [2.75, 3.05) is 17.7 Å². The maximum atomic E-state index is 5.95. The van der Waals surface area contributed by atoms with Crippen LogP contribution < -0.4 is 20.1 Å². The first-order valence-electron chi connectivity index (χ1n) is 8.20. The summed E-state index contributed by atoms with van der Waals surface area (Å²) in [6.45, 7) is 2.02. The summed E-state index contributed by atoms with van der Waals surface area (Å²) in [7, 11) is 1.63. The Hall–Kier alpha value is -3.05. The summed E-state index contributed by atoms with van der Waals surface area (Å²) in [5, 5.41) is 6.83. The van der Waals surface area contributed by atoms with Crippen LogP contribution in [0.5, 0.6) is 17.2 Å². The van der Waals surface area contributed by atoms with E-state index in [0.29, 0.717) is 10.9 Å². The third kappa shape index (κ3) is 4.52. The second-order valence-electron chi connectivity index (χ2n) is 5.69. The zero-order valence-corrected chi connectivity index (χ0v) is 15.5. The van der Waals surface area contributed by atoms with Crippen molar-refractivity contribution in [1.82, 2.24) is 0 Å². The molecule has 26 heavy (non-hydrogen) atoms. The minimum absolute atomic E-state index is 0.456. The van der Waals surface area contributed by atoms with Crippen LogP contribution in [0.4, 0.5) is 11.4 Å². The molecule has 0 heterocycles. The Morgan fingerprint density at radius 3 is 2.27 bits per heavy atom. The predicted molar refractivity (Wildman–Crippen MR) is 111 cm³/mol. The second kappa shape index (κ2) is 8.36. The zero-order chi connectivity index (χ0) is 18.4. The van der Waals surface area contributed by atoms with Gasteiger partial charge in [0.2, 0.25) is 0 Å². The van der Waals surface area contributed by atoms with Gasteiger partial charge in [-0.1, -0.05) is 36.4 Å². The molecule has 0 aliphatic rings. The minimum atomic E-state index is 0.456. The van der Waals surface area contributed by atoms with E-state index < -0.39 is 0 Å². The van der Waals surface area contributed by atoms with E-state index in [4.69, 9.17) is 21.7 Å². The first-order valence-corrected chi connectivity index (χ1v) is 8.61. The third-order valence-electron chi connectivity index (χ3n) is 3.71. The normalized spacial score (nSPS) is 10.1. The standard InChI is InChI=1S/C21H20N2O2S/c1-15-12-13-19(24-2)18(14-15)23-21(26)22-17-10-6-7-11-20(17)25-16-8-4-3-5-9-16/h3-14H,1-2H3,(H2,22,23,26). The van der Waals surface area contributed by atoms with Crippen molar-refractivity contribution in [1.29, 1.82) is 0 Å². The summed E-state index contributed by atoms with van der Waals surface area (Å²) in [5.41, 5.74) is 2.70. The van der Waals surface area contributed by atoms with E-state index in [0.717, 1.165) is 28.4 Å². The first kappa shape index (κ1) is 17.8. The largest absolute Gasteiger partial charge is 0.495 e. The van der Waals surface area contributed by atoms with Crippen LogP contribution in [0.25, 0.3) is 0 Å². The maximum absolute atomic E-state index is 5.95. The van der Waals surface area contributed by atoms with Crippen LogP contribution in [0.1, 0.15) is 5.56 Å². The summed E-state index contributed by atoms with van der Waals surface area (Å²) in [4.78, 5) is 0. The fraction of sp³-hybridized carbons (Fsp3) is 0.0952. The number of ether oxygens (including phenoxy) is 2. The molecule has 4 nitrogen and oxygen atoms in total. The highest BCUT2D eigenvalue weighted by molar-refractivity contribution is 7.80. The molecular weight excluding hydrogens is 344 g/mol. The molecule has 0 spiro atoms. The van der Waals surface area contributed by atoms with Crippen molar-refractivity contribution in [3.63, 3.8) is 0 Å². The van der Waals surface area contributed by atoms with E-state index in [-0.39, 0.29) is 0 Å². The van der Waals surface area contributed by atoms with Gasteiger partial charge in [0.15, 0.2) is 10.9 Å². The van der Waals surface area contributed by atoms with Crippen LogP contribution >= 0.6 is 12.2 Å². The molecule has 0 unspecified atom stereocenters. The van der Waals surface area contributed by atoms with Crippen LogP contribution in [0.15, 0.2) is 72.8 Å². The number of aryl methyl sites for hydroxylation is 1. The number of para-hydroxylation sites is 3. The number of thiocarbonyl (C=S) groups is 1. The Morgan fingerprint density at radius 2 is 1.50 bits per heavy atom. The zero-order valence-electron chi connectivity index (χ0n) is 14.7. The Morgan fingerprint density at radius 1 is 0.808 bits per heavy atom. The van der Waals surface area contributed by atoms with Crippen molar-refractivity contribution >= 4 is 28.7 Å². The molecule has 2 N–H and O–H groups in total. The fourth-order valence-electron chi connectivity index (χ4n) is 2.47. The molecule has 132 valence electrons. The molecule has 0 atom stereocenters. The highest BCUT2D eigenvalue weighted by atomic mass is 32.1. The monoisotopic (exact) mass is 364 g/mol. The van der Waals surface area contributed by atoms with E-state index in [2.05, 4.69) is 10.6 Å². The van der Waals surface area contributed by atoms with E-state index in [9.17, 15) is 0 Å². The van der Waals surface area contributed by atoms with Crippen LogP contribution in [-0.4, -0.2) is 12.2 Å². The molecule has 0 aromatic heterocycles. The molecule has 0 amide bonds. The highest BCUT2D eigenvalue weighted by Gasteiger charge is 2.09. The van der Waals surface area contributed by atoms with E-state index >= 15 is 0 Å². The number of methoxy groups -OCH3 is 1. The van der Waals surface area contributed by atoms with Gasteiger partial charge >= 0.3 is 0 Å². The Balaban J connectivity index is 1.75. The van der Waals surface area contributed by atoms with Gasteiger partial charge in [-0.3, -0.25) is 0 Å². The Kier molecular flexibility index (Phi) is 5.71. The topological polar surface area (TPSA) is 42.5 Å². The van der Waals surface area contributed by atoms with Crippen LogP contribution in [-0.2, 0) is 0 Å². The molecule has 0 aliphatic heterocycles. The van der Waals surface area contributed by atoms with Gasteiger partial charge in [0.1, 0.15) is 11.5 Å². The number of benzene rings is 3. The molecule has 0 radical (unpaired) electrons. The van der Waals surface area contributed by atoms with Crippen LogP contribution in [0.3, 0.4) is 0 Å². The number of hydrogen-bond donors (Lipinski definition) is 2. The van der Waals surface area contributed by atoms with E-state index in [1.165, 1.54) is 0 Å². The lowest BCUT2D eigenvalue weighted by Crippen LogP contribution is -2.19. The molecule has 3 aromatic rings. The van der Waals surface area contributed by atoms with Crippen molar-refractivity contribution in [2.24, 2.45) is 0 Å². The van der Waals surface area contributed by atoms with Gasteiger partial charge in [-0.05, 0) is 61.1 Å². The lowest BCUT2D eigenvalue weighted by atomic mass is 10.2. The summed E-state index contributed by atoms with van der Waals surface area (Å²) in [5.74, 6) is 2.19. The minimum Gasteiger partial charge on any atom is -0.495 e. The summed E-state index contributed by atoms with van der Waals surface area (Å²) < 4.78 is 11.3. The Labute approximate surface area is 158 Å². The van der Waals surface area contributed by atoms with Crippen molar-refractivity contribution < 1.29 is 9.47 Å². The summed E-state index contributed by atoms with van der Waals surface area (Å²) in [6, 6.07) is 23.2. The van der Waals surface area contributed by atoms with Gasteiger partial charge in [-0.15, -0.1) is 0 Å². The quantitative estimate of drug-likeness (QED) is 0.577. The highest BCUT2D eigenvalue weighted by Crippen LogP contribution is 2.30. The van der Waals surface area contributed by atoms with Gasteiger partial charge in [-0.25, -0.2) is 0 Å². The van der Waals surface area contributed by atoms with E-state index in [1.807, 2.05) is 79.7 Å². The van der Waals surface area contributed by atoms with Crippen molar-refractivity contribution in [3.8, 4) is 17.2 Å². The first-order chi connectivity index (χ1) is 12.7. The summed E-state index contributed by atoms with van der Waals surface area (Å²) >= 11 is 5.46. The predicted octanol–water partition coefficient (Wildman–Crippen LogP) is 5.60. The van der Waals surface area contributed by atoms with Crippen LogP contribution in [0, 0.1) is 6.92 Å². The smallest absolute Gasteiger partial charge is 0.175 e. The second-order valence-corrected chi connectivity index (χ2v) is 6.10. The lowest BCUT2D eigenvalue weighted by molar-refractivity contribution is 0.417. The van der Waals surface area contributed by atoms with Crippen molar-refractivity contribution in [2.45, 2.75) is 6.92 Å². The van der Waals surface area contributed by atoms with Crippen molar-refractivity contribution in [3.05, 3.63) is 78.4 Å². The molecule has 0 saturated carbocycles. The van der Waals surface area contributed by atoms with Gasteiger partial charge in [0.05, 0.1) is 18.5 Å². The Bertz CT molecular complexity index is 898. The molecule has 0 bridgehead atoms. The molecule has 3 rings (SSSR count). The fourth-order valence-corrected chi connectivity index (χ4v) is 2.69. The molecule has 0 fully saturated rings. The molecular formula is C21H20N2O2S. The van der Waals surface area contributed by atoms with E-state index in [1.54, 1.807) is 7.11 Å². The number of anilines is 2. The average Bonchev–Trinajstić information content (AvgIpc) is 2.64. The molecule has 0 aliphatic carbocycles. The van der Waals surface area contributed by atoms with Crippen LogP contribution in [0.2, 0.25) is 0 Å². The number of rotatable bonds is 5. The lowest BCUT2D eigenvalue weighted by Gasteiger charge is -2.16. The number of nitrogens with one attached hydrogen (secondary N) is 2. The number of hydrogen-bond acceptors (Lipinski definition) is 3. The molecule has 3 aromatic carbocycles. The third-order valence-corrected chi connectivity index (χ3v) is 3.91. The summed E-state index contributed by atoms with van der Waals surface area (Å²) in [6.07, 6.45) is 0. The molecule has 5 heteroatoms. The maximum Gasteiger partial charge on any atom is 0.175 e. The molecule has 0 saturated heterocycles. The van der Waals surface area contributed by atoms with Gasteiger partial charge in [0, 0.05) is 0 Å². The van der Waals surface area contributed by atoms with Gasteiger partial charge in [0.25, 0.3) is 0 Å².